The molecule has 1 saturated carbocycles. The third kappa shape index (κ3) is 2.17. The van der Waals surface area contributed by atoms with Gasteiger partial charge in [-0.1, -0.05) is 12.8 Å². The molecular weight excluding hydrogens is 254 g/mol. The third-order valence-corrected chi connectivity index (χ3v) is 4.28. The molecule has 0 aromatic carbocycles. The second-order valence-electron chi connectivity index (χ2n) is 5.65. The molecular formula is C15H19N3O2. The topological polar surface area (TPSA) is 67.5 Å². The van der Waals surface area contributed by atoms with E-state index in [4.69, 9.17) is 5.11 Å². The number of aromatic nitrogens is 3. The molecule has 1 fully saturated rings. The molecule has 0 amide bonds. The summed E-state index contributed by atoms with van der Waals surface area (Å²) in [6.45, 7) is 3.79. The number of aryl methyl sites for hydroxylation is 2. The minimum Gasteiger partial charge on any atom is -0.481 e. The first-order valence-corrected chi connectivity index (χ1v) is 7.14. The molecule has 0 unspecified atom stereocenters. The molecule has 2 aromatic heterocycles. The van der Waals surface area contributed by atoms with Crippen molar-refractivity contribution in [1.29, 1.82) is 0 Å². The molecule has 2 heterocycles. The Morgan fingerprint density at radius 1 is 1.40 bits per heavy atom. The average Bonchev–Trinajstić information content (AvgIpc) is 3.01. The van der Waals surface area contributed by atoms with Gasteiger partial charge in [0.15, 0.2) is 5.65 Å². The van der Waals surface area contributed by atoms with Crippen molar-refractivity contribution in [3.63, 3.8) is 0 Å². The summed E-state index contributed by atoms with van der Waals surface area (Å²) in [4.78, 5) is 15.5. The average molecular weight is 273 g/mol. The fourth-order valence-electron chi connectivity index (χ4n) is 3.17. The fourth-order valence-corrected chi connectivity index (χ4v) is 3.17. The Bertz CT molecular complexity index is 669. The number of aliphatic carboxylic acids is 1. The number of carboxylic acid groups (broad SMARTS) is 1. The van der Waals surface area contributed by atoms with E-state index in [1.807, 2.05) is 13.8 Å². The van der Waals surface area contributed by atoms with E-state index in [-0.39, 0.29) is 6.42 Å². The molecule has 2 aromatic rings. The molecule has 20 heavy (non-hydrogen) atoms. The van der Waals surface area contributed by atoms with Gasteiger partial charge in [-0.15, -0.1) is 0 Å². The molecule has 0 saturated heterocycles. The van der Waals surface area contributed by atoms with Crippen LogP contribution < -0.4 is 0 Å². The van der Waals surface area contributed by atoms with Crippen LogP contribution in [0.15, 0.2) is 6.07 Å². The second kappa shape index (κ2) is 4.89. The minimum absolute atomic E-state index is 0.000765. The number of rotatable bonds is 3. The molecule has 0 bridgehead atoms. The van der Waals surface area contributed by atoms with E-state index in [9.17, 15) is 4.79 Å². The molecule has 5 heteroatoms. The Labute approximate surface area is 117 Å². The van der Waals surface area contributed by atoms with Crippen LogP contribution in [0.4, 0.5) is 0 Å². The molecule has 1 aliphatic carbocycles. The lowest BCUT2D eigenvalue weighted by Crippen LogP contribution is -2.10. The van der Waals surface area contributed by atoms with Gasteiger partial charge < -0.3 is 5.11 Å². The maximum atomic E-state index is 11.0. The van der Waals surface area contributed by atoms with Gasteiger partial charge in [0.25, 0.3) is 0 Å². The van der Waals surface area contributed by atoms with Gasteiger partial charge >= 0.3 is 5.97 Å². The van der Waals surface area contributed by atoms with Crippen molar-refractivity contribution in [2.75, 3.05) is 0 Å². The van der Waals surface area contributed by atoms with Crippen LogP contribution in [0.1, 0.15) is 54.2 Å². The first kappa shape index (κ1) is 13.1. The van der Waals surface area contributed by atoms with Crippen LogP contribution >= 0.6 is 0 Å². The highest BCUT2D eigenvalue weighted by molar-refractivity contribution is 5.71. The van der Waals surface area contributed by atoms with Gasteiger partial charge in [0.2, 0.25) is 0 Å². The fraction of sp³-hybridized carbons (Fsp3) is 0.533. The Balaban J connectivity index is 2.09. The van der Waals surface area contributed by atoms with E-state index >= 15 is 0 Å². The van der Waals surface area contributed by atoms with E-state index in [0.29, 0.717) is 5.92 Å². The van der Waals surface area contributed by atoms with Crippen LogP contribution in [0.25, 0.3) is 5.65 Å². The Hall–Kier alpha value is -1.91. The van der Waals surface area contributed by atoms with Gasteiger partial charge in [-0.25, -0.2) is 9.50 Å². The first-order chi connectivity index (χ1) is 9.56. The Morgan fingerprint density at radius 2 is 2.10 bits per heavy atom. The number of fused-ring (bicyclic) bond motifs is 1. The molecule has 1 aliphatic rings. The van der Waals surface area contributed by atoms with Gasteiger partial charge in [-0.3, -0.25) is 4.79 Å². The smallest absolute Gasteiger partial charge is 0.307 e. The normalized spacial score (nSPS) is 16.1. The highest BCUT2D eigenvalue weighted by Crippen LogP contribution is 2.33. The van der Waals surface area contributed by atoms with Gasteiger partial charge in [0.05, 0.1) is 12.1 Å². The van der Waals surface area contributed by atoms with Gasteiger partial charge in [0, 0.05) is 28.9 Å². The van der Waals surface area contributed by atoms with Crippen LogP contribution in [0, 0.1) is 13.8 Å². The quantitative estimate of drug-likeness (QED) is 0.933. The molecule has 5 nitrogen and oxygen atoms in total. The third-order valence-electron chi connectivity index (χ3n) is 4.28. The number of carbonyl (C=O) groups is 1. The van der Waals surface area contributed by atoms with Crippen molar-refractivity contribution >= 4 is 11.6 Å². The SMILES string of the molecule is Cc1nc2cc(C3CCCC3)nn2c(C)c1CC(=O)O. The predicted molar refractivity (Wildman–Crippen MR) is 75.0 cm³/mol. The van der Waals surface area contributed by atoms with Crippen molar-refractivity contribution in [2.45, 2.75) is 51.9 Å². The summed E-state index contributed by atoms with van der Waals surface area (Å²) in [5, 5.41) is 13.7. The molecule has 3 rings (SSSR count). The summed E-state index contributed by atoms with van der Waals surface area (Å²) in [5.74, 6) is -0.292. The molecule has 0 radical (unpaired) electrons. The first-order valence-electron chi connectivity index (χ1n) is 7.14. The number of hydrogen-bond donors (Lipinski definition) is 1. The number of carboxylic acids is 1. The van der Waals surface area contributed by atoms with Crippen LogP contribution in [0.3, 0.4) is 0 Å². The van der Waals surface area contributed by atoms with E-state index < -0.39 is 5.97 Å². The zero-order valence-corrected chi connectivity index (χ0v) is 11.9. The molecule has 1 N–H and O–H groups in total. The van der Waals surface area contributed by atoms with Crippen LogP contribution in [-0.2, 0) is 11.2 Å². The van der Waals surface area contributed by atoms with Crippen LogP contribution in [0.2, 0.25) is 0 Å². The Kier molecular flexibility index (Phi) is 3.20. The monoisotopic (exact) mass is 273 g/mol. The van der Waals surface area contributed by atoms with Gasteiger partial charge in [0.1, 0.15) is 0 Å². The zero-order chi connectivity index (χ0) is 14.3. The van der Waals surface area contributed by atoms with E-state index in [0.717, 1.165) is 28.3 Å². The summed E-state index contributed by atoms with van der Waals surface area (Å²) in [5.41, 5.74) is 4.38. The summed E-state index contributed by atoms with van der Waals surface area (Å²) >= 11 is 0. The van der Waals surface area contributed by atoms with Crippen molar-refractivity contribution < 1.29 is 9.90 Å². The van der Waals surface area contributed by atoms with Gasteiger partial charge in [-0.2, -0.15) is 5.10 Å². The maximum Gasteiger partial charge on any atom is 0.307 e. The molecule has 0 atom stereocenters. The summed E-state index contributed by atoms with van der Waals surface area (Å²) in [7, 11) is 0. The largest absolute Gasteiger partial charge is 0.481 e. The minimum atomic E-state index is -0.833. The molecule has 0 aliphatic heterocycles. The standard InChI is InChI=1S/C15H19N3O2/c1-9-12(7-15(19)20)10(2)18-14(16-9)8-13(17-18)11-5-3-4-6-11/h8,11H,3-7H2,1-2H3,(H,19,20). The highest BCUT2D eigenvalue weighted by Gasteiger charge is 2.21. The van der Waals surface area contributed by atoms with Crippen LogP contribution in [-0.4, -0.2) is 25.7 Å². The van der Waals surface area contributed by atoms with E-state index in [2.05, 4.69) is 16.1 Å². The lowest BCUT2D eigenvalue weighted by Gasteiger charge is -2.08. The number of hydrogen-bond acceptors (Lipinski definition) is 3. The predicted octanol–water partition coefficient (Wildman–Crippen LogP) is 2.63. The summed E-state index contributed by atoms with van der Waals surface area (Å²) in [6.07, 6.45) is 4.94. The number of nitrogens with zero attached hydrogens (tertiary/aromatic N) is 3. The maximum absolute atomic E-state index is 11.0. The zero-order valence-electron chi connectivity index (χ0n) is 11.9. The van der Waals surface area contributed by atoms with Crippen molar-refractivity contribution in [3.05, 3.63) is 28.7 Å². The van der Waals surface area contributed by atoms with Gasteiger partial charge in [-0.05, 0) is 26.7 Å². The van der Waals surface area contributed by atoms with Crippen molar-refractivity contribution in [3.8, 4) is 0 Å². The summed E-state index contributed by atoms with van der Waals surface area (Å²) in [6, 6.07) is 2.06. The van der Waals surface area contributed by atoms with E-state index in [1.165, 1.54) is 25.7 Å². The second-order valence-corrected chi connectivity index (χ2v) is 5.65. The lowest BCUT2D eigenvalue weighted by atomic mass is 10.0. The van der Waals surface area contributed by atoms with Crippen molar-refractivity contribution in [2.24, 2.45) is 0 Å². The van der Waals surface area contributed by atoms with Crippen LogP contribution in [0.5, 0.6) is 0 Å². The Morgan fingerprint density at radius 3 is 2.75 bits per heavy atom. The molecule has 106 valence electrons. The highest BCUT2D eigenvalue weighted by atomic mass is 16.4. The molecule has 0 spiro atoms. The van der Waals surface area contributed by atoms with E-state index in [1.54, 1.807) is 4.52 Å². The van der Waals surface area contributed by atoms with Crippen molar-refractivity contribution in [1.82, 2.24) is 14.6 Å². The summed E-state index contributed by atoms with van der Waals surface area (Å²) < 4.78 is 1.80. The lowest BCUT2D eigenvalue weighted by molar-refractivity contribution is -0.136.